The normalized spacial score (nSPS) is 68.6. The number of nitrogens with zero attached hydrogens (tertiary/aromatic N) is 2. The average molecular weight is 184 g/mol. The maximum absolute atomic E-state index is 4.50. The quantitative estimate of drug-likeness (QED) is 0.515. The van der Waals surface area contributed by atoms with Gasteiger partial charge in [-0.2, -0.15) is 10.2 Å². The van der Waals surface area contributed by atoms with E-state index in [1.54, 1.807) is 0 Å². The van der Waals surface area contributed by atoms with Gasteiger partial charge in [0.25, 0.3) is 0 Å². The molecule has 2 nitrogen and oxygen atoms in total. The zero-order valence-electron chi connectivity index (χ0n) is 7.82. The molecule has 6 aliphatic carbocycles. The Bertz CT molecular complexity index is 409. The summed E-state index contributed by atoms with van der Waals surface area (Å²) in [5.74, 6) is 4.69. The molecule has 7 rings (SSSR count). The molecule has 0 aromatic heterocycles. The van der Waals surface area contributed by atoms with Crippen molar-refractivity contribution in [2.24, 2.45) is 45.7 Å². The van der Waals surface area contributed by atoms with Crippen molar-refractivity contribution in [3.8, 4) is 0 Å². The molecule has 0 amide bonds. The lowest BCUT2D eigenvalue weighted by atomic mass is 9.66. The maximum atomic E-state index is 4.50. The molecule has 2 heteroatoms. The lowest BCUT2D eigenvalue weighted by molar-refractivity contribution is 0.164. The van der Waals surface area contributed by atoms with Gasteiger partial charge in [-0.1, -0.05) is 24.3 Å². The van der Waals surface area contributed by atoms with Gasteiger partial charge in [-0.15, -0.1) is 0 Å². The second kappa shape index (κ2) is 1.75. The van der Waals surface area contributed by atoms with Crippen molar-refractivity contribution in [3.63, 3.8) is 0 Å². The average Bonchev–Trinajstić information content (AvgIpc) is 2.71. The Balaban J connectivity index is 1.87. The number of rotatable bonds is 0. The Kier molecular flexibility index (Phi) is 0.820. The highest BCUT2D eigenvalue weighted by molar-refractivity contribution is 5.34. The van der Waals surface area contributed by atoms with Gasteiger partial charge in [-0.25, -0.2) is 0 Å². The third-order valence-electron chi connectivity index (χ3n) is 5.24. The second-order valence-corrected chi connectivity index (χ2v) is 5.45. The van der Waals surface area contributed by atoms with Crippen LogP contribution in [0.4, 0.5) is 0 Å². The number of azo groups is 1. The zero-order valence-corrected chi connectivity index (χ0v) is 7.82. The van der Waals surface area contributed by atoms with E-state index in [1.165, 1.54) is 0 Å². The van der Waals surface area contributed by atoms with Crippen LogP contribution in [0.15, 0.2) is 34.5 Å². The predicted octanol–water partition coefficient (Wildman–Crippen LogP) is 2.05. The van der Waals surface area contributed by atoms with Gasteiger partial charge in [0.1, 0.15) is 0 Å². The number of hydrogen-bond acceptors (Lipinski definition) is 2. The first kappa shape index (κ1) is 6.54. The lowest BCUT2D eigenvalue weighted by Crippen LogP contribution is -2.39. The summed E-state index contributed by atoms with van der Waals surface area (Å²) in [7, 11) is 0. The van der Waals surface area contributed by atoms with E-state index in [4.69, 9.17) is 0 Å². The SMILES string of the molecule is C1=C[C@@H]2[C@@H]3C=C[C@@H]1[C@H]1[C@H]4N=N[C@@H]([C@@H]34)[C@H]21. The first-order valence-electron chi connectivity index (χ1n) is 5.72. The van der Waals surface area contributed by atoms with Gasteiger partial charge in [0.2, 0.25) is 0 Å². The smallest absolute Gasteiger partial charge is 0.0803 e. The van der Waals surface area contributed by atoms with Crippen LogP contribution < -0.4 is 0 Å². The van der Waals surface area contributed by atoms with Crippen molar-refractivity contribution >= 4 is 0 Å². The van der Waals surface area contributed by atoms with Gasteiger partial charge in [0, 0.05) is 5.92 Å². The van der Waals surface area contributed by atoms with Gasteiger partial charge in [0.15, 0.2) is 0 Å². The summed E-state index contributed by atoms with van der Waals surface area (Å²) in [5.41, 5.74) is 0. The zero-order chi connectivity index (χ0) is 8.86. The molecule has 0 N–H and O–H groups in total. The Hall–Kier alpha value is -0.920. The van der Waals surface area contributed by atoms with E-state index < -0.39 is 0 Å². The fourth-order valence-electron chi connectivity index (χ4n) is 4.92. The van der Waals surface area contributed by atoms with Gasteiger partial charge in [-0.3, -0.25) is 0 Å². The fraction of sp³-hybridized carbons (Fsp3) is 0.667. The third-order valence-corrected chi connectivity index (χ3v) is 5.24. The summed E-state index contributed by atoms with van der Waals surface area (Å²) in [6.07, 6.45) is 9.81. The first-order chi connectivity index (χ1) is 6.95. The predicted molar refractivity (Wildman–Crippen MR) is 51.7 cm³/mol. The Morgan fingerprint density at radius 3 is 2.07 bits per heavy atom. The van der Waals surface area contributed by atoms with Gasteiger partial charge < -0.3 is 0 Å². The molecule has 0 aromatic carbocycles. The number of hydrogen-bond donors (Lipinski definition) is 0. The molecule has 2 fully saturated rings. The summed E-state index contributed by atoms with van der Waals surface area (Å²) < 4.78 is 0. The monoisotopic (exact) mass is 184 g/mol. The van der Waals surface area contributed by atoms with Crippen molar-refractivity contribution in [3.05, 3.63) is 24.3 Å². The molecule has 2 saturated carbocycles. The summed E-state index contributed by atoms with van der Waals surface area (Å²) in [5, 5.41) is 8.99. The van der Waals surface area contributed by atoms with Gasteiger partial charge in [0.05, 0.1) is 12.1 Å². The van der Waals surface area contributed by atoms with Crippen molar-refractivity contribution in [2.75, 3.05) is 0 Å². The molecule has 14 heavy (non-hydrogen) atoms. The minimum atomic E-state index is 0.580. The summed E-state index contributed by atoms with van der Waals surface area (Å²) in [6.45, 7) is 0. The highest BCUT2D eigenvalue weighted by atomic mass is 15.2. The van der Waals surface area contributed by atoms with Crippen molar-refractivity contribution in [1.82, 2.24) is 0 Å². The summed E-state index contributed by atoms with van der Waals surface area (Å²) in [6, 6.07) is 1.17. The lowest BCUT2D eigenvalue weighted by Gasteiger charge is -2.39. The van der Waals surface area contributed by atoms with Crippen LogP contribution in [0.5, 0.6) is 0 Å². The molecular formula is C12H12N2. The van der Waals surface area contributed by atoms with Crippen molar-refractivity contribution < 1.29 is 0 Å². The number of allylic oxidation sites excluding steroid dienone is 4. The van der Waals surface area contributed by atoms with Crippen LogP contribution in [-0.4, -0.2) is 12.1 Å². The highest BCUT2D eigenvalue weighted by Gasteiger charge is 2.68. The summed E-state index contributed by atoms with van der Waals surface area (Å²) >= 11 is 0. The second-order valence-electron chi connectivity index (χ2n) is 5.45. The van der Waals surface area contributed by atoms with Crippen LogP contribution in [-0.2, 0) is 0 Å². The molecule has 8 bridgehead atoms. The Morgan fingerprint density at radius 1 is 0.643 bits per heavy atom. The standard InChI is InChI=1S/C12H12N2/c1-3-6-7-4-2-5(1)8-9(6)12-10(7)11(8)13-14-12/h1-12H/t5-,6-,7+,8-,9-,10+,11-,12-/m1/s1. The molecular weight excluding hydrogens is 172 g/mol. The largest absolute Gasteiger partial charge is 0.190 e. The maximum Gasteiger partial charge on any atom is 0.0803 e. The molecule has 1 heterocycles. The van der Waals surface area contributed by atoms with Crippen LogP contribution in [0.25, 0.3) is 0 Å². The van der Waals surface area contributed by atoms with E-state index in [-0.39, 0.29) is 0 Å². The molecule has 0 saturated heterocycles. The van der Waals surface area contributed by atoms with Crippen molar-refractivity contribution in [1.29, 1.82) is 0 Å². The first-order valence-corrected chi connectivity index (χ1v) is 5.72. The molecule has 0 aromatic rings. The fourth-order valence-corrected chi connectivity index (χ4v) is 4.92. The molecule has 0 unspecified atom stereocenters. The highest BCUT2D eigenvalue weighted by Crippen LogP contribution is 2.66. The van der Waals surface area contributed by atoms with E-state index in [1.807, 2.05) is 0 Å². The molecule has 0 radical (unpaired) electrons. The summed E-state index contributed by atoms with van der Waals surface area (Å²) in [4.78, 5) is 0. The minimum absolute atomic E-state index is 0.580. The third kappa shape index (κ3) is 0.449. The van der Waals surface area contributed by atoms with Crippen molar-refractivity contribution in [2.45, 2.75) is 12.1 Å². The van der Waals surface area contributed by atoms with Gasteiger partial charge in [-0.05, 0) is 29.6 Å². The molecule has 7 aliphatic rings. The van der Waals surface area contributed by atoms with E-state index in [0.29, 0.717) is 18.0 Å². The van der Waals surface area contributed by atoms with E-state index >= 15 is 0 Å². The van der Waals surface area contributed by atoms with E-state index in [9.17, 15) is 0 Å². The molecule has 8 atom stereocenters. The molecule has 0 spiro atoms. The molecule has 70 valence electrons. The topological polar surface area (TPSA) is 24.7 Å². The molecule has 1 aliphatic heterocycles. The van der Waals surface area contributed by atoms with Gasteiger partial charge >= 0.3 is 0 Å². The Labute approximate surface area is 82.8 Å². The Morgan fingerprint density at radius 2 is 1.29 bits per heavy atom. The van der Waals surface area contributed by atoms with E-state index in [0.717, 1.165) is 29.6 Å². The van der Waals surface area contributed by atoms with Crippen LogP contribution >= 0.6 is 0 Å². The van der Waals surface area contributed by atoms with Crippen LogP contribution in [0.3, 0.4) is 0 Å². The van der Waals surface area contributed by atoms with Crippen LogP contribution in [0.2, 0.25) is 0 Å². The van der Waals surface area contributed by atoms with E-state index in [2.05, 4.69) is 34.5 Å². The van der Waals surface area contributed by atoms with Crippen LogP contribution in [0.1, 0.15) is 0 Å². The van der Waals surface area contributed by atoms with Crippen LogP contribution in [0, 0.1) is 35.5 Å². The minimum Gasteiger partial charge on any atom is -0.190 e.